The Bertz CT molecular complexity index is 1590. The first kappa shape index (κ1) is 34.6. The minimum Gasteiger partial charge on any atom is -0.399 e. The van der Waals surface area contributed by atoms with Gasteiger partial charge in [0.25, 0.3) is 0 Å². The standard InChI is InChI=1S/C40H57N5O3/c1-37-18-7-20-39(3,32(37)16-12-25-10-14-27(42)23-29(25)37)35(47)45-36(48)40(4)21-8-19-38(2)30-24-28(15-11-26(30)13-17-33(38)40)44-34(46)31(43)9-5-6-22-41/h10-11,14-15,23-24,31-33H,5-9,12-13,16-22,41-43H2,1-4H3,(H,44,46)(H,45,47,48)/t31?,32-,33-,37-,38-,39+,40+/m1/s1. The summed E-state index contributed by atoms with van der Waals surface area (Å²) >= 11 is 0. The number of imide groups is 1. The number of benzene rings is 2. The lowest BCUT2D eigenvalue weighted by Crippen LogP contribution is -2.60. The van der Waals surface area contributed by atoms with Crippen LogP contribution in [-0.2, 0) is 38.1 Å². The lowest BCUT2D eigenvalue weighted by Gasteiger charge is -2.56. The molecule has 8 N–H and O–H groups in total. The summed E-state index contributed by atoms with van der Waals surface area (Å²) < 4.78 is 0. The van der Waals surface area contributed by atoms with Crippen LogP contribution in [0.15, 0.2) is 36.4 Å². The molecular weight excluding hydrogens is 598 g/mol. The number of nitrogens with two attached hydrogens (primary N) is 3. The first-order chi connectivity index (χ1) is 22.8. The fourth-order valence-electron chi connectivity index (χ4n) is 10.8. The van der Waals surface area contributed by atoms with Gasteiger partial charge in [0.05, 0.1) is 16.9 Å². The quantitative estimate of drug-likeness (QED) is 0.133. The molecular formula is C40H57N5O3. The molecule has 8 heteroatoms. The van der Waals surface area contributed by atoms with Crippen molar-refractivity contribution in [1.82, 2.24) is 5.32 Å². The summed E-state index contributed by atoms with van der Waals surface area (Å²) in [5.74, 6) is -0.234. The van der Waals surface area contributed by atoms with E-state index in [2.05, 4.69) is 62.6 Å². The van der Waals surface area contributed by atoms with Gasteiger partial charge in [0.2, 0.25) is 17.7 Å². The number of carbonyl (C=O) groups is 3. The van der Waals surface area contributed by atoms with Crippen LogP contribution in [0, 0.1) is 22.7 Å². The number of nitrogen functional groups attached to an aromatic ring is 1. The average molecular weight is 656 g/mol. The van der Waals surface area contributed by atoms with Crippen LogP contribution >= 0.6 is 0 Å². The van der Waals surface area contributed by atoms with Gasteiger partial charge in [-0.2, -0.15) is 0 Å². The van der Waals surface area contributed by atoms with Gasteiger partial charge in [-0.15, -0.1) is 0 Å². The largest absolute Gasteiger partial charge is 0.399 e. The zero-order chi connectivity index (χ0) is 34.5. The molecule has 4 aliphatic rings. The summed E-state index contributed by atoms with van der Waals surface area (Å²) in [6, 6.07) is 11.9. The molecule has 0 bridgehead atoms. The number of fused-ring (bicyclic) bond motifs is 6. The van der Waals surface area contributed by atoms with Gasteiger partial charge < -0.3 is 22.5 Å². The van der Waals surface area contributed by atoms with Gasteiger partial charge >= 0.3 is 0 Å². The van der Waals surface area contributed by atoms with E-state index in [0.29, 0.717) is 13.0 Å². The van der Waals surface area contributed by atoms with Crippen LogP contribution < -0.4 is 27.8 Å². The van der Waals surface area contributed by atoms with E-state index in [1.165, 1.54) is 22.3 Å². The highest BCUT2D eigenvalue weighted by Crippen LogP contribution is 2.59. The van der Waals surface area contributed by atoms with Crippen LogP contribution in [0.5, 0.6) is 0 Å². The molecule has 4 aliphatic carbocycles. The molecule has 8 nitrogen and oxygen atoms in total. The SMILES string of the molecule is C[C@]1(C(=O)NC(=O)[C@@]2(C)CCC[C@]3(C)c4cc(NC(=O)C(N)CCCCN)ccc4CC[C@@H]23)CCC[C@]2(C)c3cc(N)ccc3CC[C@@H]12. The third-order valence-electron chi connectivity index (χ3n) is 13.6. The third-order valence-corrected chi connectivity index (χ3v) is 13.6. The number of anilines is 2. The number of nitrogens with one attached hydrogen (secondary N) is 2. The van der Waals surface area contributed by atoms with Gasteiger partial charge in [0, 0.05) is 11.4 Å². The van der Waals surface area contributed by atoms with Crippen LogP contribution in [-0.4, -0.2) is 30.3 Å². The van der Waals surface area contributed by atoms with E-state index in [1.54, 1.807) is 0 Å². The number of unbranched alkanes of at least 4 members (excludes halogenated alkanes) is 1. The zero-order valence-electron chi connectivity index (χ0n) is 29.6. The Labute approximate surface area is 286 Å². The predicted molar refractivity (Wildman–Crippen MR) is 192 cm³/mol. The predicted octanol–water partition coefficient (Wildman–Crippen LogP) is 6.03. The number of hydrogen-bond donors (Lipinski definition) is 5. The highest BCUT2D eigenvalue weighted by Gasteiger charge is 2.58. The van der Waals surface area contributed by atoms with Gasteiger partial charge in [-0.25, -0.2) is 0 Å². The van der Waals surface area contributed by atoms with E-state index in [-0.39, 0.29) is 40.4 Å². The minimum absolute atomic E-state index is 0.0671. The fourth-order valence-corrected chi connectivity index (χ4v) is 10.8. The normalized spacial score (nSPS) is 32.9. The number of aryl methyl sites for hydroxylation is 2. The Balaban J connectivity index is 1.21. The van der Waals surface area contributed by atoms with Gasteiger partial charge in [-0.3, -0.25) is 19.7 Å². The van der Waals surface area contributed by atoms with Crippen LogP contribution in [0.25, 0.3) is 0 Å². The molecule has 48 heavy (non-hydrogen) atoms. The van der Waals surface area contributed by atoms with Crippen molar-refractivity contribution in [2.75, 3.05) is 17.6 Å². The molecule has 2 aromatic carbocycles. The number of rotatable bonds is 8. The maximum absolute atomic E-state index is 14.5. The molecule has 0 aromatic heterocycles. The van der Waals surface area contributed by atoms with Crippen molar-refractivity contribution in [3.8, 4) is 0 Å². The third kappa shape index (κ3) is 5.77. The first-order valence-electron chi connectivity index (χ1n) is 18.4. The van der Waals surface area contributed by atoms with E-state index in [1.807, 2.05) is 12.1 Å². The molecule has 0 radical (unpaired) electrons. The summed E-state index contributed by atoms with van der Waals surface area (Å²) in [6.07, 6.45) is 11.2. The molecule has 0 heterocycles. The van der Waals surface area contributed by atoms with Crippen LogP contribution in [0.3, 0.4) is 0 Å². The Morgan fingerprint density at radius 2 is 1.33 bits per heavy atom. The molecule has 2 fully saturated rings. The van der Waals surface area contributed by atoms with Gasteiger partial charge in [-0.1, -0.05) is 59.1 Å². The fraction of sp³-hybridized carbons (Fsp3) is 0.625. The summed E-state index contributed by atoms with van der Waals surface area (Å²) in [6.45, 7) is 9.36. The van der Waals surface area contributed by atoms with Crippen molar-refractivity contribution in [2.45, 2.75) is 128 Å². The van der Waals surface area contributed by atoms with E-state index >= 15 is 0 Å². The number of hydrogen-bond acceptors (Lipinski definition) is 6. The highest BCUT2D eigenvalue weighted by molar-refractivity contribution is 6.01. The summed E-state index contributed by atoms with van der Waals surface area (Å²) in [4.78, 5) is 41.8. The van der Waals surface area contributed by atoms with E-state index < -0.39 is 16.9 Å². The number of carbonyl (C=O) groups excluding carboxylic acids is 3. The molecule has 0 spiro atoms. The maximum atomic E-state index is 14.5. The molecule has 260 valence electrons. The monoisotopic (exact) mass is 655 g/mol. The molecule has 2 aromatic rings. The molecule has 3 amide bonds. The Hall–Kier alpha value is -3.23. The smallest absolute Gasteiger partial charge is 0.241 e. The Morgan fingerprint density at radius 1 is 0.792 bits per heavy atom. The Morgan fingerprint density at radius 3 is 1.90 bits per heavy atom. The van der Waals surface area contributed by atoms with Crippen molar-refractivity contribution < 1.29 is 14.4 Å². The van der Waals surface area contributed by atoms with Crippen molar-refractivity contribution in [3.63, 3.8) is 0 Å². The van der Waals surface area contributed by atoms with Crippen LogP contribution in [0.1, 0.15) is 121 Å². The molecule has 0 saturated heterocycles. The summed E-state index contributed by atoms with van der Waals surface area (Å²) in [5.41, 5.74) is 22.9. The molecule has 7 atom stereocenters. The van der Waals surface area contributed by atoms with Crippen molar-refractivity contribution in [2.24, 2.45) is 34.1 Å². The minimum atomic E-state index is -0.688. The second-order valence-corrected chi connectivity index (χ2v) is 16.5. The van der Waals surface area contributed by atoms with E-state index in [0.717, 1.165) is 88.4 Å². The Kier molecular flexibility index (Phi) is 9.31. The number of amides is 3. The van der Waals surface area contributed by atoms with E-state index in [9.17, 15) is 14.4 Å². The topological polar surface area (TPSA) is 153 Å². The van der Waals surface area contributed by atoms with Crippen LogP contribution in [0.4, 0.5) is 11.4 Å². The first-order valence-corrected chi connectivity index (χ1v) is 18.4. The van der Waals surface area contributed by atoms with E-state index in [4.69, 9.17) is 17.2 Å². The van der Waals surface area contributed by atoms with Gasteiger partial charge in [0.15, 0.2) is 0 Å². The zero-order valence-corrected chi connectivity index (χ0v) is 29.6. The molecule has 2 saturated carbocycles. The summed E-state index contributed by atoms with van der Waals surface area (Å²) in [7, 11) is 0. The second-order valence-electron chi connectivity index (χ2n) is 16.5. The lowest BCUT2D eigenvalue weighted by atomic mass is 9.49. The van der Waals surface area contributed by atoms with Crippen molar-refractivity contribution >= 4 is 29.1 Å². The van der Waals surface area contributed by atoms with Crippen molar-refractivity contribution in [3.05, 3.63) is 58.7 Å². The summed E-state index contributed by atoms with van der Waals surface area (Å²) in [5, 5.41) is 6.10. The van der Waals surface area contributed by atoms with Crippen molar-refractivity contribution in [1.29, 1.82) is 0 Å². The second kappa shape index (κ2) is 12.9. The highest BCUT2D eigenvalue weighted by atomic mass is 16.2. The van der Waals surface area contributed by atoms with Crippen LogP contribution in [0.2, 0.25) is 0 Å². The lowest BCUT2D eigenvalue weighted by molar-refractivity contribution is -0.150. The molecule has 6 rings (SSSR count). The average Bonchev–Trinajstić information content (AvgIpc) is 3.05. The molecule has 1 unspecified atom stereocenters. The molecule has 0 aliphatic heterocycles. The van der Waals surface area contributed by atoms with Gasteiger partial charge in [0.1, 0.15) is 0 Å². The van der Waals surface area contributed by atoms with Gasteiger partial charge in [-0.05, 0) is 140 Å². The maximum Gasteiger partial charge on any atom is 0.241 e.